The smallest absolute Gasteiger partial charge is 0.325 e. The van der Waals surface area contributed by atoms with E-state index in [4.69, 9.17) is 10.5 Å². The summed E-state index contributed by atoms with van der Waals surface area (Å²) < 4.78 is 6.35. The zero-order valence-corrected chi connectivity index (χ0v) is 17.3. The van der Waals surface area contributed by atoms with Gasteiger partial charge in [-0.05, 0) is 55.5 Å². The highest BCUT2D eigenvalue weighted by Crippen LogP contribution is 2.40. The molecule has 0 aliphatic carbocycles. The van der Waals surface area contributed by atoms with E-state index >= 15 is 0 Å². The van der Waals surface area contributed by atoms with E-state index in [0.717, 1.165) is 35.1 Å². The van der Waals surface area contributed by atoms with Crippen LogP contribution < -0.4 is 5.73 Å². The molecule has 0 aromatic heterocycles. The number of rotatable bonds is 5. The lowest BCUT2D eigenvalue weighted by molar-refractivity contribution is -0.144. The van der Waals surface area contributed by atoms with E-state index in [1.807, 2.05) is 54.3 Å². The zero-order valence-electron chi connectivity index (χ0n) is 17.3. The molecule has 2 heterocycles. The molecule has 0 amide bonds. The molecule has 0 radical (unpaired) electrons. The molecule has 0 bridgehead atoms. The molecule has 30 heavy (non-hydrogen) atoms. The third kappa shape index (κ3) is 3.95. The van der Waals surface area contributed by atoms with Crippen molar-refractivity contribution in [2.24, 2.45) is 11.7 Å². The maximum atomic E-state index is 12.0. The summed E-state index contributed by atoms with van der Waals surface area (Å²) >= 11 is 0. The Kier molecular flexibility index (Phi) is 6.09. The molecule has 1 fully saturated rings. The molecule has 1 saturated heterocycles. The average molecular weight is 411 g/mol. The number of carbonyl (C=O) groups is 1. The maximum Gasteiger partial charge on any atom is 0.325 e. The predicted molar refractivity (Wildman–Crippen MR) is 114 cm³/mol. The monoisotopic (exact) mass is 410 g/mol. The van der Waals surface area contributed by atoms with Crippen LogP contribution in [0.25, 0.3) is 0 Å². The Bertz CT molecular complexity index is 894. The lowest BCUT2D eigenvalue weighted by atomic mass is 9.82. The molecule has 6 nitrogen and oxygen atoms in total. The Morgan fingerprint density at radius 1 is 1.20 bits per heavy atom. The van der Waals surface area contributed by atoms with Crippen molar-refractivity contribution in [1.29, 1.82) is 0 Å². The van der Waals surface area contributed by atoms with E-state index < -0.39 is 12.0 Å². The number of likely N-dealkylation sites (tertiary alicyclic amines) is 1. The molecule has 4 N–H and O–H groups in total. The molecule has 3 atom stereocenters. The molecule has 0 saturated carbocycles. The second-order valence-corrected chi connectivity index (χ2v) is 8.43. The van der Waals surface area contributed by atoms with Crippen molar-refractivity contribution >= 4 is 5.97 Å². The van der Waals surface area contributed by atoms with E-state index in [0.29, 0.717) is 37.7 Å². The third-order valence-electron chi connectivity index (χ3n) is 6.64. The fourth-order valence-electron chi connectivity index (χ4n) is 4.97. The van der Waals surface area contributed by atoms with Gasteiger partial charge in [0.05, 0.1) is 12.2 Å². The van der Waals surface area contributed by atoms with Crippen molar-refractivity contribution < 1.29 is 19.7 Å². The second kappa shape index (κ2) is 8.76. The fraction of sp³-hybridized carbons (Fsp3) is 0.458. The van der Waals surface area contributed by atoms with Gasteiger partial charge in [-0.2, -0.15) is 0 Å². The van der Waals surface area contributed by atoms with Crippen LogP contribution in [-0.4, -0.2) is 46.8 Å². The number of fused-ring (bicyclic) bond motifs is 1. The van der Waals surface area contributed by atoms with Crippen LogP contribution in [0.3, 0.4) is 0 Å². The number of carboxylic acids is 1. The first-order valence-corrected chi connectivity index (χ1v) is 10.7. The SMILES string of the molecule is Cc1ccc2c(c1O)C[C@@H](C1CCN(C(C(=O)O)c3ccccc3)CC1)OC2CN. The van der Waals surface area contributed by atoms with Crippen LogP contribution in [0.5, 0.6) is 5.75 Å². The topological polar surface area (TPSA) is 96.0 Å². The lowest BCUT2D eigenvalue weighted by Gasteiger charge is -2.41. The highest BCUT2D eigenvalue weighted by atomic mass is 16.5. The molecule has 2 aliphatic heterocycles. The molecule has 4 rings (SSSR count). The number of nitrogens with two attached hydrogens (primary N) is 1. The normalized spacial score (nSPS) is 23.7. The Morgan fingerprint density at radius 3 is 2.53 bits per heavy atom. The molecule has 2 unspecified atom stereocenters. The van der Waals surface area contributed by atoms with Crippen molar-refractivity contribution in [3.63, 3.8) is 0 Å². The van der Waals surface area contributed by atoms with Crippen LogP contribution in [0.1, 0.15) is 47.2 Å². The number of piperidine rings is 1. The van der Waals surface area contributed by atoms with Crippen molar-refractivity contribution in [3.05, 3.63) is 64.7 Å². The molecule has 0 spiro atoms. The standard InChI is InChI=1S/C24H30N2O4/c1-15-7-8-18-19(23(15)27)13-20(30-21(18)14-25)16-9-11-26(12-10-16)22(24(28)29)17-5-3-2-4-6-17/h2-8,16,20-22,27H,9-14,25H2,1H3,(H,28,29)/t20-,21?,22?/m0/s1. The van der Waals surface area contributed by atoms with Gasteiger partial charge in [-0.1, -0.05) is 42.5 Å². The van der Waals surface area contributed by atoms with Crippen LogP contribution in [0.4, 0.5) is 0 Å². The van der Waals surface area contributed by atoms with Gasteiger partial charge in [-0.3, -0.25) is 9.69 Å². The summed E-state index contributed by atoms with van der Waals surface area (Å²) in [6.07, 6.45) is 2.17. The van der Waals surface area contributed by atoms with Crippen molar-refractivity contribution in [1.82, 2.24) is 4.90 Å². The Hall–Kier alpha value is -2.41. The van der Waals surface area contributed by atoms with Crippen LogP contribution in [-0.2, 0) is 16.0 Å². The van der Waals surface area contributed by atoms with E-state index in [1.54, 1.807) is 0 Å². The van der Waals surface area contributed by atoms with Crippen molar-refractivity contribution in [2.75, 3.05) is 19.6 Å². The minimum atomic E-state index is -0.814. The van der Waals surface area contributed by atoms with Gasteiger partial charge in [0.1, 0.15) is 11.8 Å². The van der Waals surface area contributed by atoms with E-state index in [9.17, 15) is 15.0 Å². The summed E-state index contributed by atoms with van der Waals surface area (Å²) in [6.45, 7) is 3.69. The van der Waals surface area contributed by atoms with Gasteiger partial charge in [0.2, 0.25) is 0 Å². The predicted octanol–water partition coefficient (Wildman–Crippen LogP) is 3.18. The first-order valence-electron chi connectivity index (χ1n) is 10.7. The number of aliphatic carboxylic acids is 1. The first-order chi connectivity index (χ1) is 14.5. The van der Waals surface area contributed by atoms with Gasteiger partial charge in [0.25, 0.3) is 0 Å². The minimum absolute atomic E-state index is 0.0131. The van der Waals surface area contributed by atoms with E-state index in [1.165, 1.54) is 0 Å². The summed E-state index contributed by atoms with van der Waals surface area (Å²) in [5.41, 5.74) is 9.61. The zero-order chi connectivity index (χ0) is 21.3. The number of carboxylic acid groups (broad SMARTS) is 1. The van der Waals surface area contributed by atoms with Gasteiger partial charge in [-0.15, -0.1) is 0 Å². The maximum absolute atomic E-state index is 12.0. The summed E-state index contributed by atoms with van der Waals surface area (Å²) in [4.78, 5) is 14.0. The van der Waals surface area contributed by atoms with Gasteiger partial charge in [0, 0.05) is 18.5 Å². The Labute approximate surface area is 177 Å². The number of hydrogen-bond acceptors (Lipinski definition) is 5. The summed E-state index contributed by atoms with van der Waals surface area (Å²) in [5, 5.41) is 20.4. The van der Waals surface area contributed by atoms with Crippen LogP contribution >= 0.6 is 0 Å². The number of nitrogens with zero attached hydrogens (tertiary/aromatic N) is 1. The van der Waals surface area contributed by atoms with Crippen LogP contribution in [0.2, 0.25) is 0 Å². The van der Waals surface area contributed by atoms with E-state index in [2.05, 4.69) is 0 Å². The highest BCUT2D eigenvalue weighted by Gasteiger charge is 2.37. The van der Waals surface area contributed by atoms with Crippen molar-refractivity contribution in [2.45, 2.75) is 44.4 Å². The number of hydrogen-bond donors (Lipinski definition) is 3. The van der Waals surface area contributed by atoms with E-state index in [-0.39, 0.29) is 12.2 Å². The molecule has 2 aromatic rings. The van der Waals surface area contributed by atoms with Gasteiger partial charge in [-0.25, -0.2) is 0 Å². The quantitative estimate of drug-likeness (QED) is 0.701. The molecular formula is C24H30N2O4. The van der Waals surface area contributed by atoms with Crippen LogP contribution in [0, 0.1) is 12.8 Å². The summed E-state index contributed by atoms with van der Waals surface area (Å²) in [5.74, 6) is -0.147. The number of phenolic OH excluding ortho intramolecular Hbond substituents is 1. The number of benzene rings is 2. The Balaban J connectivity index is 1.48. The molecule has 6 heteroatoms. The fourth-order valence-corrected chi connectivity index (χ4v) is 4.97. The highest BCUT2D eigenvalue weighted by molar-refractivity contribution is 5.75. The number of phenols is 1. The van der Waals surface area contributed by atoms with Crippen molar-refractivity contribution in [3.8, 4) is 5.75 Å². The average Bonchev–Trinajstić information content (AvgIpc) is 2.77. The van der Waals surface area contributed by atoms with Gasteiger partial charge in [0.15, 0.2) is 0 Å². The van der Waals surface area contributed by atoms with Crippen LogP contribution in [0.15, 0.2) is 42.5 Å². The van der Waals surface area contributed by atoms with Gasteiger partial charge < -0.3 is 20.7 Å². The second-order valence-electron chi connectivity index (χ2n) is 8.43. The first kappa shape index (κ1) is 20.8. The third-order valence-corrected chi connectivity index (χ3v) is 6.64. The number of aromatic hydroxyl groups is 1. The molecule has 2 aliphatic rings. The van der Waals surface area contributed by atoms with Gasteiger partial charge >= 0.3 is 5.97 Å². The molecule has 2 aromatic carbocycles. The lowest BCUT2D eigenvalue weighted by Crippen LogP contribution is -2.44. The molecular weight excluding hydrogens is 380 g/mol. The summed E-state index contributed by atoms with van der Waals surface area (Å²) in [7, 11) is 0. The summed E-state index contributed by atoms with van der Waals surface area (Å²) in [6, 6.07) is 12.7. The minimum Gasteiger partial charge on any atom is -0.507 e. The number of aryl methyl sites for hydroxylation is 1. The Morgan fingerprint density at radius 2 is 1.90 bits per heavy atom. The molecule has 160 valence electrons. The number of ether oxygens (including phenoxy) is 1. The largest absolute Gasteiger partial charge is 0.507 e.